The number of aliphatic hydroxyl groups excluding tert-OH is 1. The van der Waals surface area contributed by atoms with Gasteiger partial charge in [0.2, 0.25) is 0 Å². The van der Waals surface area contributed by atoms with E-state index in [9.17, 15) is 0 Å². The molecule has 0 aliphatic rings. The largest absolute Gasteiger partial charge is 0.493 e. The highest BCUT2D eigenvalue weighted by Gasteiger charge is 2.11. The van der Waals surface area contributed by atoms with Gasteiger partial charge in [0.25, 0.3) is 0 Å². The van der Waals surface area contributed by atoms with Crippen LogP contribution in [0.4, 0.5) is 0 Å². The first-order valence-corrected chi connectivity index (χ1v) is 8.55. The van der Waals surface area contributed by atoms with Gasteiger partial charge < -0.3 is 24.6 Å². The van der Waals surface area contributed by atoms with Gasteiger partial charge in [-0.3, -0.25) is 0 Å². The van der Waals surface area contributed by atoms with Crippen molar-refractivity contribution in [1.82, 2.24) is 5.32 Å². The molecule has 0 spiro atoms. The summed E-state index contributed by atoms with van der Waals surface area (Å²) in [6.45, 7) is 2.61. The molecule has 0 saturated carbocycles. The van der Waals surface area contributed by atoms with Gasteiger partial charge in [0.1, 0.15) is 6.61 Å². The lowest BCUT2D eigenvalue weighted by Gasteiger charge is -2.16. The Kier molecular flexibility index (Phi) is 8.55. The van der Waals surface area contributed by atoms with E-state index in [1.165, 1.54) is 0 Å². The highest BCUT2D eigenvalue weighted by molar-refractivity contribution is 6.31. The maximum atomic E-state index is 8.68. The normalized spacial score (nSPS) is 10.7. The molecule has 2 aromatic carbocycles. The molecule has 0 fully saturated rings. The number of nitrogens with one attached hydrogen (secondary N) is 1. The number of ether oxygens (including phenoxy) is 3. The van der Waals surface area contributed by atoms with Crippen molar-refractivity contribution in [2.75, 3.05) is 33.5 Å². The molecule has 0 atom stereocenters. The van der Waals surface area contributed by atoms with Gasteiger partial charge in [-0.2, -0.15) is 0 Å². The van der Waals surface area contributed by atoms with Gasteiger partial charge in [-0.25, -0.2) is 0 Å². The van der Waals surface area contributed by atoms with Crippen LogP contribution in [0.2, 0.25) is 5.02 Å². The predicted octanol–water partition coefficient (Wildman–Crippen LogP) is 3.03. The first-order valence-electron chi connectivity index (χ1n) is 8.17. The molecule has 6 heteroatoms. The van der Waals surface area contributed by atoms with Crippen LogP contribution in [0.3, 0.4) is 0 Å². The summed E-state index contributed by atoms with van der Waals surface area (Å²) in [5.41, 5.74) is 1.92. The Balaban J connectivity index is 1.98. The lowest BCUT2D eigenvalue weighted by molar-refractivity contribution is 0.0937. The topological polar surface area (TPSA) is 60.0 Å². The first-order chi connectivity index (χ1) is 12.3. The monoisotopic (exact) mass is 365 g/mol. The van der Waals surface area contributed by atoms with Crippen LogP contribution < -0.4 is 14.8 Å². The number of hydrogen-bond donors (Lipinski definition) is 2. The van der Waals surface area contributed by atoms with E-state index in [1.807, 2.05) is 42.5 Å². The molecule has 2 aromatic rings. The summed E-state index contributed by atoms with van der Waals surface area (Å²) in [6.07, 6.45) is 0. The molecule has 0 aliphatic carbocycles. The third-order valence-electron chi connectivity index (χ3n) is 3.58. The zero-order valence-electron chi connectivity index (χ0n) is 14.3. The second-order valence-corrected chi connectivity index (χ2v) is 5.75. The Hall–Kier alpha value is -1.79. The maximum absolute atomic E-state index is 8.68. The summed E-state index contributed by atoms with van der Waals surface area (Å²) in [6, 6.07) is 13.4. The minimum absolute atomic E-state index is 0.0376. The number of methoxy groups -OCH3 is 1. The van der Waals surface area contributed by atoms with Crippen molar-refractivity contribution in [1.29, 1.82) is 0 Å². The summed E-state index contributed by atoms with van der Waals surface area (Å²) in [5.74, 6) is 1.39. The minimum Gasteiger partial charge on any atom is -0.493 e. The van der Waals surface area contributed by atoms with Crippen LogP contribution in [0, 0.1) is 0 Å². The molecular weight excluding hydrogens is 342 g/mol. The minimum atomic E-state index is 0.0376. The lowest BCUT2D eigenvalue weighted by Crippen LogP contribution is -2.20. The SMILES string of the molecule is COc1cccc(CNCCOCCO)c1OCc1ccccc1Cl. The van der Waals surface area contributed by atoms with E-state index in [1.54, 1.807) is 7.11 Å². The van der Waals surface area contributed by atoms with Crippen LogP contribution in [0.25, 0.3) is 0 Å². The van der Waals surface area contributed by atoms with Crippen molar-refractivity contribution < 1.29 is 19.3 Å². The van der Waals surface area contributed by atoms with Crippen molar-refractivity contribution >= 4 is 11.6 Å². The number of aliphatic hydroxyl groups is 1. The molecule has 25 heavy (non-hydrogen) atoms. The molecular formula is C19H24ClNO4. The summed E-state index contributed by atoms with van der Waals surface area (Å²) >= 11 is 6.19. The van der Waals surface area contributed by atoms with E-state index in [0.717, 1.165) is 11.1 Å². The van der Waals surface area contributed by atoms with Crippen molar-refractivity contribution in [2.24, 2.45) is 0 Å². The van der Waals surface area contributed by atoms with Crippen LogP contribution in [-0.4, -0.2) is 38.6 Å². The Morgan fingerprint density at radius 3 is 2.60 bits per heavy atom. The first kappa shape index (κ1) is 19.5. The van der Waals surface area contributed by atoms with E-state index < -0.39 is 0 Å². The van der Waals surface area contributed by atoms with Gasteiger partial charge in [0.05, 0.1) is 26.9 Å². The molecule has 0 aromatic heterocycles. The van der Waals surface area contributed by atoms with Gasteiger partial charge >= 0.3 is 0 Å². The van der Waals surface area contributed by atoms with E-state index in [4.69, 9.17) is 30.9 Å². The average Bonchev–Trinajstić information content (AvgIpc) is 2.64. The molecule has 5 nitrogen and oxygen atoms in total. The molecule has 0 bridgehead atoms. The molecule has 136 valence electrons. The Morgan fingerprint density at radius 1 is 1.04 bits per heavy atom. The average molecular weight is 366 g/mol. The van der Waals surface area contributed by atoms with Crippen molar-refractivity contribution in [2.45, 2.75) is 13.2 Å². The van der Waals surface area contributed by atoms with Gasteiger partial charge in [-0.1, -0.05) is 41.9 Å². The number of para-hydroxylation sites is 1. The van der Waals surface area contributed by atoms with E-state index >= 15 is 0 Å². The highest BCUT2D eigenvalue weighted by atomic mass is 35.5. The summed E-state index contributed by atoms with van der Waals surface area (Å²) in [7, 11) is 1.62. The molecule has 0 heterocycles. The predicted molar refractivity (Wildman–Crippen MR) is 98.4 cm³/mol. The van der Waals surface area contributed by atoms with Crippen LogP contribution >= 0.6 is 11.6 Å². The fraction of sp³-hybridized carbons (Fsp3) is 0.368. The Morgan fingerprint density at radius 2 is 1.84 bits per heavy atom. The second-order valence-electron chi connectivity index (χ2n) is 5.34. The third-order valence-corrected chi connectivity index (χ3v) is 3.95. The second kappa shape index (κ2) is 10.9. The number of halogens is 1. The molecule has 0 aliphatic heterocycles. The smallest absolute Gasteiger partial charge is 0.166 e. The molecule has 0 amide bonds. The fourth-order valence-electron chi connectivity index (χ4n) is 2.32. The van der Waals surface area contributed by atoms with Crippen LogP contribution in [0.1, 0.15) is 11.1 Å². The Bertz CT molecular complexity index is 651. The van der Waals surface area contributed by atoms with Gasteiger partial charge in [-0.05, 0) is 12.1 Å². The molecule has 2 rings (SSSR count). The van der Waals surface area contributed by atoms with Crippen LogP contribution in [0.15, 0.2) is 42.5 Å². The molecule has 0 unspecified atom stereocenters. The Labute approximate surface area is 153 Å². The third kappa shape index (κ3) is 6.21. The van der Waals surface area contributed by atoms with Crippen LogP contribution in [0.5, 0.6) is 11.5 Å². The quantitative estimate of drug-likeness (QED) is 0.599. The zero-order chi connectivity index (χ0) is 17.9. The van der Waals surface area contributed by atoms with E-state index in [0.29, 0.717) is 49.4 Å². The summed E-state index contributed by atoms with van der Waals surface area (Å²) in [5, 5.41) is 12.7. The molecule has 0 radical (unpaired) electrons. The fourth-order valence-corrected chi connectivity index (χ4v) is 2.51. The summed E-state index contributed by atoms with van der Waals surface area (Å²) < 4.78 is 16.7. The van der Waals surface area contributed by atoms with E-state index in [-0.39, 0.29) is 6.61 Å². The molecule has 2 N–H and O–H groups in total. The van der Waals surface area contributed by atoms with Crippen molar-refractivity contribution in [3.05, 3.63) is 58.6 Å². The number of hydrogen-bond acceptors (Lipinski definition) is 5. The zero-order valence-corrected chi connectivity index (χ0v) is 15.1. The van der Waals surface area contributed by atoms with E-state index in [2.05, 4.69) is 5.32 Å². The van der Waals surface area contributed by atoms with Crippen molar-refractivity contribution in [3.63, 3.8) is 0 Å². The number of rotatable bonds is 11. The van der Waals surface area contributed by atoms with Gasteiger partial charge in [0, 0.05) is 29.2 Å². The standard InChI is InChI=1S/C19H24ClNO4/c1-23-18-8-4-6-15(13-21-9-11-24-12-10-22)19(18)25-14-16-5-2-3-7-17(16)20/h2-8,21-22H,9-14H2,1H3. The van der Waals surface area contributed by atoms with Gasteiger partial charge in [0.15, 0.2) is 11.5 Å². The molecule has 0 saturated heterocycles. The van der Waals surface area contributed by atoms with Crippen molar-refractivity contribution in [3.8, 4) is 11.5 Å². The highest BCUT2D eigenvalue weighted by Crippen LogP contribution is 2.32. The lowest BCUT2D eigenvalue weighted by atomic mass is 10.1. The maximum Gasteiger partial charge on any atom is 0.166 e. The number of benzene rings is 2. The van der Waals surface area contributed by atoms with Gasteiger partial charge in [-0.15, -0.1) is 0 Å². The van der Waals surface area contributed by atoms with Crippen LogP contribution in [-0.2, 0) is 17.9 Å². The summed E-state index contributed by atoms with van der Waals surface area (Å²) in [4.78, 5) is 0.